The maximum atomic E-state index is 12.4. The topological polar surface area (TPSA) is 71.5 Å². The number of rotatable bonds is 2. The molecule has 1 aromatic carbocycles. The summed E-state index contributed by atoms with van der Waals surface area (Å²) in [5, 5.41) is 3.68. The fourth-order valence-electron chi connectivity index (χ4n) is 2.54. The van der Waals surface area contributed by atoms with Crippen molar-refractivity contribution in [1.82, 2.24) is 9.88 Å². The van der Waals surface area contributed by atoms with Gasteiger partial charge in [0.2, 0.25) is 0 Å². The van der Waals surface area contributed by atoms with Crippen LogP contribution in [0.1, 0.15) is 41.7 Å². The molecule has 6 nitrogen and oxygen atoms in total. The van der Waals surface area contributed by atoms with Gasteiger partial charge in [0.1, 0.15) is 5.60 Å². The van der Waals surface area contributed by atoms with Crippen LogP contribution in [0.15, 0.2) is 24.3 Å². The minimum absolute atomic E-state index is 0.300. The van der Waals surface area contributed by atoms with Crippen molar-refractivity contribution in [3.8, 4) is 0 Å². The Morgan fingerprint density at radius 1 is 1.31 bits per heavy atom. The summed E-state index contributed by atoms with van der Waals surface area (Å²) >= 11 is 7.42. The van der Waals surface area contributed by atoms with Gasteiger partial charge in [0.05, 0.1) is 22.8 Å². The number of benzene rings is 1. The van der Waals surface area contributed by atoms with Gasteiger partial charge >= 0.3 is 6.09 Å². The van der Waals surface area contributed by atoms with E-state index < -0.39 is 5.60 Å². The molecular formula is C18H20ClN3O3S. The van der Waals surface area contributed by atoms with Crippen molar-refractivity contribution in [2.45, 2.75) is 39.3 Å². The number of ether oxygens (including phenoxy) is 1. The summed E-state index contributed by atoms with van der Waals surface area (Å²) < 4.78 is 5.42. The van der Waals surface area contributed by atoms with Gasteiger partial charge in [0, 0.05) is 17.8 Å². The first-order valence-electron chi connectivity index (χ1n) is 8.25. The van der Waals surface area contributed by atoms with Crippen LogP contribution in [0.25, 0.3) is 0 Å². The number of halogens is 1. The largest absolute Gasteiger partial charge is 0.444 e. The second-order valence-corrected chi connectivity index (χ2v) is 8.47. The first kappa shape index (κ1) is 18.7. The first-order chi connectivity index (χ1) is 12.2. The van der Waals surface area contributed by atoms with E-state index >= 15 is 0 Å². The van der Waals surface area contributed by atoms with Crippen LogP contribution in [0.5, 0.6) is 0 Å². The molecule has 26 heavy (non-hydrogen) atoms. The molecule has 0 aliphatic carbocycles. The zero-order valence-corrected chi connectivity index (χ0v) is 16.4. The van der Waals surface area contributed by atoms with Crippen LogP contribution >= 0.6 is 22.9 Å². The number of fused-ring (bicyclic) bond motifs is 1. The van der Waals surface area contributed by atoms with Crippen LogP contribution in [-0.4, -0.2) is 34.0 Å². The molecule has 0 atom stereocenters. The zero-order valence-electron chi connectivity index (χ0n) is 14.8. The maximum absolute atomic E-state index is 12.4. The minimum atomic E-state index is -0.529. The van der Waals surface area contributed by atoms with Gasteiger partial charge in [-0.05, 0) is 32.9 Å². The van der Waals surface area contributed by atoms with Gasteiger partial charge in [0.25, 0.3) is 5.91 Å². The molecule has 0 saturated carbocycles. The van der Waals surface area contributed by atoms with Crippen molar-refractivity contribution in [2.24, 2.45) is 0 Å². The average Bonchev–Trinajstić information content (AvgIpc) is 2.94. The van der Waals surface area contributed by atoms with E-state index in [1.54, 1.807) is 29.2 Å². The SMILES string of the molecule is CC(C)(C)OC(=O)N1CCc2nc(NC(=O)c3ccccc3Cl)sc2C1. The molecule has 2 heterocycles. The summed E-state index contributed by atoms with van der Waals surface area (Å²) in [6.07, 6.45) is 0.297. The number of amides is 2. The molecule has 1 N–H and O–H groups in total. The van der Waals surface area contributed by atoms with Crippen LogP contribution in [0.3, 0.4) is 0 Å². The molecule has 0 spiro atoms. The smallest absolute Gasteiger partial charge is 0.410 e. The van der Waals surface area contributed by atoms with Crippen LogP contribution in [0.2, 0.25) is 5.02 Å². The number of anilines is 1. The molecule has 0 saturated heterocycles. The fourth-order valence-corrected chi connectivity index (χ4v) is 3.78. The average molecular weight is 394 g/mol. The predicted octanol–water partition coefficient (Wildman–Crippen LogP) is 4.34. The van der Waals surface area contributed by atoms with Crippen molar-refractivity contribution in [3.63, 3.8) is 0 Å². The number of hydrogen-bond acceptors (Lipinski definition) is 5. The van der Waals surface area contributed by atoms with Crippen molar-refractivity contribution in [3.05, 3.63) is 45.4 Å². The van der Waals surface area contributed by atoms with Crippen molar-refractivity contribution < 1.29 is 14.3 Å². The lowest BCUT2D eigenvalue weighted by molar-refractivity contribution is 0.0225. The van der Waals surface area contributed by atoms with E-state index in [4.69, 9.17) is 16.3 Å². The highest BCUT2D eigenvalue weighted by Gasteiger charge is 2.28. The van der Waals surface area contributed by atoms with E-state index in [0.29, 0.717) is 35.2 Å². The van der Waals surface area contributed by atoms with Crippen LogP contribution in [-0.2, 0) is 17.7 Å². The summed E-state index contributed by atoms with van der Waals surface area (Å²) in [7, 11) is 0. The molecular weight excluding hydrogens is 374 g/mol. The zero-order chi connectivity index (χ0) is 18.9. The number of hydrogen-bond donors (Lipinski definition) is 1. The molecule has 0 fully saturated rings. The Kier molecular flexibility index (Phi) is 5.20. The van der Waals surface area contributed by atoms with Gasteiger partial charge in [-0.15, -0.1) is 0 Å². The Balaban J connectivity index is 1.69. The molecule has 0 unspecified atom stereocenters. The number of aromatic nitrogens is 1. The highest BCUT2D eigenvalue weighted by atomic mass is 35.5. The van der Waals surface area contributed by atoms with Gasteiger partial charge in [-0.25, -0.2) is 9.78 Å². The van der Waals surface area contributed by atoms with E-state index in [9.17, 15) is 9.59 Å². The van der Waals surface area contributed by atoms with Gasteiger partial charge in [0.15, 0.2) is 5.13 Å². The van der Waals surface area contributed by atoms with E-state index in [0.717, 1.165) is 10.6 Å². The summed E-state index contributed by atoms with van der Waals surface area (Å²) in [4.78, 5) is 31.7. The summed E-state index contributed by atoms with van der Waals surface area (Å²) in [5.74, 6) is -0.300. The number of nitrogens with one attached hydrogen (secondary N) is 1. The Labute approximate surface area is 161 Å². The third-order valence-corrected chi connectivity index (χ3v) is 5.05. The summed E-state index contributed by atoms with van der Waals surface area (Å²) in [6, 6.07) is 6.86. The summed E-state index contributed by atoms with van der Waals surface area (Å²) in [5.41, 5.74) is 0.779. The third kappa shape index (κ3) is 4.34. The molecule has 1 aliphatic rings. The normalized spacial score (nSPS) is 13.9. The van der Waals surface area contributed by atoms with Crippen LogP contribution in [0, 0.1) is 0 Å². The van der Waals surface area contributed by atoms with E-state index in [2.05, 4.69) is 10.3 Å². The number of carbonyl (C=O) groups is 2. The number of thiazole rings is 1. The lowest BCUT2D eigenvalue weighted by Crippen LogP contribution is -2.39. The maximum Gasteiger partial charge on any atom is 0.410 e. The Bertz CT molecular complexity index is 844. The van der Waals surface area contributed by atoms with Crippen LogP contribution in [0.4, 0.5) is 9.93 Å². The van der Waals surface area contributed by atoms with Crippen molar-refractivity contribution >= 4 is 40.1 Å². The number of carbonyl (C=O) groups excluding carboxylic acids is 2. The van der Waals surface area contributed by atoms with E-state index in [1.165, 1.54) is 11.3 Å². The van der Waals surface area contributed by atoms with Crippen molar-refractivity contribution in [2.75, 3.05) is 11.9 Å². The Morgan fingerprint density at radius 2 is 2.04 bits per heavy atom. The van der Waals surface area contributed by atoms with Gasteiger partial charge < -0.3 is 9.64 Å². The Hall–Kier alpha value is -2.12. The highest BCUT2D eigenvalue weighted by molar-refractivity contribution is 7.15. The molecule has 2 amide bonds. The molecule has 138 valence electrons. The lowest BCUT2D eigenvalue weighted by atomic mass is 10.2. The lowest BCUT2D eigenvalue weighted by Gasteiger charge is -2.29. The third-order valence-electron chi connectivity index (χ3n) is 3.72. The molecule has 3 rings (SSSR count). The summed E-state index contributed by atoms with van der Waals surface area (Å²) in [6.45, 7) is 6.51. The fraction of sp³-hybridized carbons (Fsp3) is 0.389. The molecule has 0 radical (unpaired) electrons. The van der Waals surface area contributed by atoms with Gasteiger partial charge in [-0.1, -0.05) is 35.1 Å². The minimum Gasteiger partial charge on any atom is -0.444 e. The highest BCUT2D eigenvalue weighted by Crippen LogP contribution is 2.29. The molecule has 1 aromatic heterocycles. The van der Waals surface area contributed by atoms with Crippen molar-refractivity contribution in [1.29, 1.82) is 0 Å². The molecule has 0 bridgehead atoms. The monoisotopic (exact) mass is 393 g/mol. The van der Waals surface area contributed by atoms with Gasteiger partial charge in [-0.3, -0.25) is 10.1 Å². The van der Waals surface area contributed by atoms with Crippen LogP contribution < -0.4 is 5.32 Å². The quantitative estimate of drug-likeness (QED) is 0.823. The molecule has 8 heteroatoms. The Morgan fingerprint density at radius 3 is 2.73 bits per heavy atom. The second kappa shape index (κ2) is 7.25. The first-order valence-corrected chi connectivity index (χ1v) is 9.45. The predicted molar refractivity (Wildman–Crippen MR) is 102 cm³/mol. The van der Waals surface area contributed by atoms with Gasteiger partial charge in [-0.2, -0.15) is 0 Å². The number of nitrogens with zero attached hydrogens (tertiary/aromatic N) is 2. The van der Waals surface area contributed by atoms with E-state index in [-0.39, 0.29) is 12.0 Å². The molecule has 1 aliphatic heterocycles. The molecule has 2 aromatic rings. The van der Waals surface area contributed by atoms with E-state index in [1.807, 2.05) is 20.8 Å². The standard InChI is InChI=1S/C18H20ClN3O3S/c1-18(2,3)25-17(24)22-9-8-13-14(10-22)26-16(20-13)21-15(23)11-6-4-5-7-12(11)19/h4-7H,8-10H2,1-3H3,(H,20,21,23). The second-order valence-electron chi connectivity index (χ2n) is 6.97.